The van der Waals surface area contributed by atoms with Crippen molar-refractivity contribution in [2.24, 2.45) is 11.8 Å². The van der Waals surface area contributed by atoms with Crippen LogP contribution in [0.3, 0.4) is 0 Å². The van der Waals surface area contributed by atoms with Crippen LogP contribution in [0.1, 0.15) is 51.0 Å². The Morgan fingerprint density at radius 3 is 2.45 bits per heavy atom. The Balaban J connectivity index is 1.85. The normalized spacial score (nSPS) is 19.7. The summed E-state index contributed by atoms with van der Waals surface area (Å²) in [5, 5.41) is 3.08. The molecule has 1 saturated heterocycles. The van der Waals surface area contributed by atoms with E-state index in [1.54, 1.807) is 27.8 Å². The highest BCUT2D eigenvalue weighted by Crippen LogP contribution is 2.22. The zero-order valence-electron chi connectivity index (χ0n) is 17.4. The molecule has 6 nitrogen and oxygen atoms in total. The van der Waals surface area contributed by atoms with Gasteiger partial charge in [-0.1, -0.05) is 27.7 Å². The highest BCUT2D eigenvalue weighted by atomic mass is 19.1. The van der Waals surface area contributed by atoms with Crippen LogP contribution in [0.4, 0.5) is 4.39 Å². The zero-order valence-corrected chi connectivity index (χ0v) is 17.4. The maximum atomic E-state index is 13.3. The van der Waals surface area contributed by atoms with E-state index in [9.17, 15) is 14.0 Å². The summed E-state index contributed by atoms with van der Waals surface area (Å²) in [4.78, 5) is 32.0. The number of piperazine rings is 1. The SMILES string of the molecule is CC(C)CC1CN(C(=O)c2cn(-c3ccc(F)cc3)cn2)C(CC(C)C)C(=O)N1. The highest BCUT2D eigenvalue weighted by molar-refractivity contribution is 5.97. The minimum Gasteiger partial charge on any atom is -0.350 e. The van der Waals surface area contributed by atoms with Crippen molar-refractivity contribution in [2.75, 3.05) is 6.54 Å². The Morgan fingerprint density at radius 2 is 1.83 bits per heavy atom. The molecule has 2 amide bonds. The van der Waals surface area contributed by atoms with E-state index >= 15 is 0 Å². The minimum absolute atomic E-state index is 0.0611. The molecule has 2 aromatic rings. The molecule has 0 bridgehead atoms. The number of amides is 2. The molecule has 0 spiro atoms. The van der Waals surface area contributed by atoms with Gasteiger partial charge in [0.2, 0.25) is 5.91 Å². The van der Waals surface area contributed by atoms with Gasteiger partial charge in [0.25, 0.3) is 5.91 Å². The number of hydrogen-bond acceptors (Lipinski definition) is 3. The second kappa shape index (κ2) is 8.76. The number of hydrogen-bond donors (Lipinski definition) is 1. The molecule has 7 heteroatoms. The summed E-state index contributed by atoms with van der Waals surface area (Å²) in [5.41, 5.74) is 0.992. The number of carbonyl (C=O) groups is 2. The van der Waals surface area contributed by atoms with E-state index in [1.807, 2.05) is 13.8 Å². The predicted molar refractivity (Wildman–Crippen MR) is 109 cm³/mol. The monoisotopic (exact) mass is 400 g/mol. The van der Waals surface area contributed by atoms with Gasteiger partial charge >= 0.3 is 0 Å². The van der Waals surface area contributed by atoms with Gasteiger partial charge in [-0.05, 0) is 48.9 Å². The van der Waals surface area contributed by atoms with Gasteiger partial charge in [-0.15, -0.1) is 0 Å². The smallest absolute Gasteiger partial charge is 0.274 e. The number of halogens is 1. The van der Waals surface area contributed by atoms with Gasteiger partial charge in [-0.2, -0.15) is 0 Å². The van der Waals surface area contributed by atoms with Gasteiger partial charge < -0.3 is 14.8 Å². The molecule has 1 aromatic heterocycles. The molecule has 1 aromatic carbocycles. The number of aromatic nitrogens is 2. The van der Waals surface area contributed by atoms with Crippen molar-refractivity contribution < 1.29 is 14.0 Å². The first-order valence-corrected chi connectivity index (χ1v) is 10.2. The maximum Gasteiger partial charge on any atom is 0.274 e. The molecule has 3 rings (SSSR count). The number of nitrogens with zero attached hydrogens (tertiary/aromatic N) is 3. The third kappa shape index (κ3) is 5.02. The van der Waals surface area contributed by atoms with Crippen molar-refractivity contribution in [1.82, 2.24) is 19.8 Å². The molecule has 1 N–H and O–H groups in total. The molecule has 0 aliphatic carbocycles. The average Bonchev–Trinajstić information content (AvgIpc) is 3.13. The predicted octanol–water partition coefficient (Wildman–Crippen LogP) is 3.41. The van der Waals surface area contributed by atoms with Gasteiger partial charge in [0, 0.05) is 24.5 Å². The summed E-state index contributed by atoms with van der Waals surface area (Å²) in [6.07, 6.45) is 4.58. The second-order valence-electron chi connectivity index (χ2n) is 8.58. The summed E-state index contributed by atoms with van der Waals surface area (Å²) in [7, 11) is 0. The van der Waals surface area contributed by atoms with Crippen molar-refractivity contribution in [3.8, 4) is 5.69 Å². The molecule has 1 aliphatic rings. The largest absolute Gasteiger partial charge is 0.350 e. The second-order valence-corrected chi connectivity index (χ2v) is 8.58. The molecule has 156 valence electrons. The van der Waals surface area contributed by atoms with Crippen LogP contribution < -0.4 is 5.32 Å². The molecular weight excluding hydrogens is 371 g/mol. The van der Waals surface area contributed by atoms with Gasteiger partial charge in [-0.25, -0.2) is 9.37 Å². The topological polar surface area (TPSA) is 67.2 Å². The van der Waals surface area contributed by atoms with Crippen molar-refractivity contribution in [2.45, 2.75) is 52.6 Å². The van der Waals surface area contributed by atoms with Crippen LogP contribution in [-0.4, -0.2) is 44.9 Å². The van der Waals surface area contributed by atoms with Gasteiger partial charge in [0.15, 0.2) is 0 Å². The van der Waals surface area contributed by atoms with Crippen molar-refractivity contribution >= 4 is 11.8 Å². The molecule has 0 radical (unpaired) electrons. The summed E-state index contributed by atoms with van der Waals surface area (Å²) < 4.78 is 14.8. The molecule has 2 heterocycles. The summed E-state index contributed by atoms with van der Waals surface area (Å²) in [6, 6.07) is 5.41. The van der Waals surface area contributed by atoms with Crippen LogP contribution in [0, 0.1) is 17.7 Å². The maximum absolute atomic E-state index is 13.3. The summed E-state index contributed by atoms with van der Waals surface area (Å²) in [5.74, 6) is 0.0234. The lowest BCUT2D eigenvalue weighted by atomic mass is 9.95. The average molecular weight is 400 g/mol. The fourth-order valence-corrected chi connectivity index (χ4v) is 3.79. The Hall–Kier alpha value is -2.70. The zero-order chi connectivity index (χ0) is 21.1. The molecule has 0 saturated carbocycles. The van der Waals surface area contributed by atoms with E-state index in [0.717, 1.165) is 6.42 Å². The van der Waals surface area contributed by atoms with E-state index in [1.165, 1.54) is 18.5 Å². The first-order valence-electron chi connectivity index (χ1n) is 10.2. The van der Waals surface area contributed by atoms with Crippen LogP contribution in [0.2, 0.25) is 0 Å². The lowest BCUT2D eigenvalue weighted by molar-refractivity contribution is -0.130. The number of rotatable bonds is 6. The lowest BCUT2D eigenvalue weighted by Gasteiger charge is -2.40. The third-order valence-electron chi connectivity index (χ3n) is 5.08. The molecule has 1 fully saturated rings. The molecule has 2 atom stereocenters. The fraction of sp³-hybridized carbons (Fsp3) is 0.500. The lowest BCUT2D eigenvalue weighted by Crippen LogP contribution is -2.62. The Labute approximate surface area is 171 Å². The van der Waals surface area contributed by atoms with Crippen LogP contribution in [0.25, 0.3) is 5.69 Å². The number of imidazole rings is 1. The summed E-state index contributed by atoms with van der Waals surface area (Å²) >= 11 is 0. The van der Waals surface area contributed by atoms with E-state index < -0.39 is 6.04 Å². The Morgan fingerprint density at radius 1 is 1.17 bits per heavy atom. The van der Waals surface area contributed by atoms with E-state index in [-0.39, 0.29) is 35.3 Å². The van der Waals surface area contributed by atoms with E-state index in [4.69, 9.17) is 0 Å². The molecule has 29 heavy (non-hydrogen) atoms. The standard InChI is InChI=1S/C22H29FN4O2/c1-14(2)9-17-11-27(20(10-15(3)4)21(28)25-17)22(29)19-12-26(13-24-19)18-7-5-16(23)6-8-18/h5-8,12-15,17,20H,9-11H2,1-4H3,(H,25,28). The van der Waals surface area contributed by atoms with Crippen molar-refractivity contribution in [1.29, 1.82) is 0 Å². The van der Waals surface area contributed by atoms with Crippen molar-refractivity contribution in [3.63, 3.8) is 0 Å². The van der Waals surface area contributed by atoms with Gasteiger partial charge in [0.1, 0.15) is 23.9 Å². The first kappa shape index (κ1) is 21.0. The van der Waals surface area contributed by atoms with E-state index in [0.29, 0.717) is 24.6 Å². The number of carbonyl (C=O) groups excluding carboxylic acids is 2. The summed E-state index contributed by atoms with van der Waals surface area (Å²) in [6.45, 7) is 8.76. The van der Waals surface area contributed by atoms with Crippen LogP contribution in [0.15, 0.2) is 36.8 Å². The number of benzene rings is 1. The molecule has 2 unspecified atom stereocenters. The van der Waals surface area contributed by atoms with Gasteiger partial charge in [0.05, 0.1) is 0 Å². The number of nitrogens with one attached hydrogen (secondary N) is 1. The first-order chi connectivity index (χ1) is 13.7. The molecular formula is C22H29FN4O2. The van der Waals surface area contributed by atoms with Crippen LogP contribution in [0.5, 0.6) is 0 Å². The Kier molecular flexibility index (Phi) is 6.35. The fourth-order valence-electron chi connectivity index (χ4n) is 3.79. The van der Waals surface area contributed by atoms with Gasteiger partial charge in [-0.3, -0.25) is 9.59 Å². The quantitative estimate of drug-likeness (QED) is 0.808. The van der Waals surface area contributed by atoms with Crippen LogP contribution in [-0.2, 0) is 4.79 Å². The minimum atomic E-state index is -0.498. The Bertz CT molecular complexity index is 860. The van der Waals surface area contributed by atoms with Crippen LogP contribution >= 0.6 is 0 Å². The van der Waals surface area contributed by atoms with Crippen molar-refractivity contribution in [3.05, 3.63) is 48.3 Å². The third-order valence-corrected chi connectivity index (χ3v) is 5.08. The highest BCUT2D eigenvalue weighted by Gasteiger charge is 2.38. The molecule has 1 aliphatic heterocycles. The van der Waals surface area contributed by atoms with E-state index in [2.05, 4.69) is 24.1 Å².